The molecule has 0 nitrogen and oxygen atoms in total. The van der Waals surface area contributed by atoms with E-state index in [-0.39, 0.29) is 0 Å². The molecule has 1 aliphatic carbocycles. The van der Waals surface area contributed by atoms with Crippen LogP contribution in [0.5, 0.6) is 0 Å². The molecule has 0 aromatic heterocycles. The Morgan fingerprint density at radius 3 is 2.25 bits per heavy atom. The van der Waals surface area contributed by atoms with Gasteiger partial charge in [-0.05, 0) is 23.3 Å². The zero-order valence-electron chi connectivity index (χ0n) is 10.7. The molecule has 16 heavy (non-hydrogen) atoms. The van der Waals surface area contributed by atoms with Gasteiger partial charge in [0.1, 0.15) is 0 Å². The van der Waals surface area contributed by atoms with E-state index in [1.165, 1.54) is 44.1 Å². The molecule has 0 amide bonds. The summed E-state index contributed by atoms with van der Waals surface area (Å²) in [6, 6.07) is 11.0. The molecule has 0 bridgehead atoms. The Morgan fingerprint density at radius 2 is 1.62 bits per heavy atom. The van der Waals surface area contributed by atoms with E-state index >= 15 is 0 Å². The maximum absolute atomic E-state index is 2.40. The summed E-state index contributed by atoms with van der Waals surface area (Å²) in [5, 5.41) is 0. The third kappa shape index (κ3) is 2.87. The Labute approximate surface area is 100 Å². The van der Waals surface area contributed by atoms with Crippen LogP contribution in [-0.4, -0.2) is 0 Å². The number of hydrogen-bond donors (Lipinski definition) is 0. The molecule has 1 saturated carbocycles. The van der Waals surface area contributed by atoms with Crippen LogP contribution in [0.1, 0.15) is 57.9 Å². The van der Waals surface area contributed by atoms with Crippen molar-refractivity contribution in [3.05, 3.63) is 35.9 Å². The second kappa shape index (κ2) is 5.03. The molecule has 2 rings (SSSR count). The zero-order valence-corrected chi connectivity index (χ0v) is 10.7. The molecule has 0 spiro atoms. The van der Waals surface area contributed by atoms with Crippen molar-refractivity contribution in [2.45, 2.75) is 57.8 Å². The van der Waals surface area contributed by atoms with Gasteiger partial charge in [-0.1, -0.05) is 76.3 Å². The van der Waals surface area contributed by atoms with Crippen molar-refractivity contribution in [1.82, 2.24) is 0 Å². The SMILES string of the molecule is CC(C)(CC1CCCCC1)c1ccccc1. The van der Waals surface area contributed by atoms with Gasteiger partial charge in [-0.3, -0.25) is 0 Å². The fourth-order valence-electron chi connectivity index (χ4n) is 3.12. The summed E-state index contributed by atoms with van der Waals surface area (Å²) in [6.45, 7) is 4.80. The third-order valence-corrected chi connectivity index (χ3v) is 4.08. The smallest absolute Gasteiger partial charge is 0.0101 e. The number of hydrogen-bond acceptors (Lipinski definition) is 0. The third-order valence-electron chi connectivity index (χ3n) is 4.08. The van der Waals surface area contributed by atoms with Crippen molar-refractivity contribution in [1.29, 1.82) is 0 Å². The molecule has 1 aromatic carbocycles. The van der Waals surface area contributed by atoms with E-state index in [2.05, 4.69) is 44.2 Å². The van der Waals surface area contributed by atoms with Crippen LogP contribution in [0.25, 0.3) is 0 Å². The second-order valence-electron chi connectivity index (χ2n) is 5.96. The van der Waals surface area contributed by atoms with E-state index < -0.39 is 0 Å². The van der Waals surface area contributed by atoms with E-state index in [1.54, 1.807) is 0 Å². The minimum Gasteiger partial charge on any atom is -0.0622 e. The van der Waals surface area contributed by atoms with Gasteiger partial charge in [-0.15, -0.1) is 0 Å². The quantitative estimate of drug-likeness (QED) is 0.671. The molecule has 0 saturated heterocycles. The normalized spacial score (nSPS) is 18.6. The van der Waals surface area contributed by atoms with Crippen molar-refractivity contribution in [2.24, 2.45) is 5.92 Å². The van der Waals surface area contributed by atoms with E-state index in [4.69, 9.17) is 0 Å². The predicted octanol–water partition coefficient (Wildman–Crippen LogP) is 4.93. The molecule has 0 N–H and O–H groups in total. The average Bonchev–Trinajstić information content (AvgIpc) is 2.31. The molecular weight excluding hydrogens is 192 g/mol. The average molecular weight is 216 g/mol. The van der Waals surface area contributed by atoms with Crippen molar-refractivity contribution in [3.63, 3.8) is 0 Å². The van der Waals surface area contributed by atoms with Crippen LogP contribution in [0.2, 0.25) is 0 Å². The van der Waals surface area contributed by atoms with Gasteiger partial charge < -0.3 is 0 Å². The first-order valence-electron chi connectivity index (χ1n) is 6.74. The van der Waals surface area contributed by atoms with Crippen molar-refractivity contribution in [3.8, 4) is 0 Å². The van der Waals surface area contributed by atoms with Crippen LogP contribution in [0.4, 0.5) is 0 Å². The lowest BCUT2D eigenvalue weighted by Crippen LogP contribution is -2.23. The van der Waals surface area contributed by atoms with Crippen molar-refractivity contribution >= 4 is 0 Å². The zero-order chi connectivity index (χ0) is 11.4. The van der Waals surface area contributed by atoms with Gasteiger partial charge in [-0.25, -0.2) is 0 Å². The molecule has 1 aliphatic rings. The van der Waals surface area contributed by atoms with Gasteiger partial charge in [0.2, 0.25) is 0 Å². The maximum atomic E-state index is 2.40. The second-order valence-corrected chi connectivity index (χ2v) is 5.96. The summed E-state index contributed by atoms with van der Waals surface area (Å²) in [5.74, 6) is 0.962. The summed E-state index contributed by atoms with van der Waals surface area (Å²) in [5.41, 5.74) is 1.85. The molecular formula is C16H24. The van der Waals surface area contributed by atoms with Gasteiger partial charge in [0.15, 0.2) is 0 Å². The van der Waals surface area contributed by atoms with E-state index in [9.17, 15) is 0 Å². The fourth-order valence-corrected chi connectivity index (χ4v) is 3.12. The van der Waals surface area contributed by atoms with Crippen LogP contribution < -0.4 is 0 Å². The monoisotopic (exact) mass is 216 g/mol. The Hall–Kier alpha value is -0.780. The first-order chi connectivity index (χ1) is 7.68. The van der Waals surface area contributed by atoms with E-state index in [1.807, 2.05) is 0 Å². The molecule has 1 aromatic rings. The highest BCUT2D eigenvalue weighted by molar-refractivity contribution is 5.23. The van der Waals surface area contributed by atoms with Gasteiger partial charge in [0.05, 0.1) is 0 Å². The molecule has 0 heterocycles. The molecule has 0 unspecified atom stereocenters. The number of rotatable bonds is 3. The van der Waals surface area contributed by atoms with Gasteiger partial charge >= 0.3 is 0 Å². The minimum absolute atomic E-state index is 0.350. The minimum atomic E-state index is 0.350. The predicted molar refractivity (Wildman–Crippen MR) is 70.7 cm³/mol. The maximum Gasteiger partial charge on any atom is -0.0101 e. The van der Waals surface area contributed by atoms with Crippen LogP contribution in [0.15, 0.2) is 30.3 Å². The Morgan fingerprint density at radius 1 is 1.00 bits per heavy atom. The Balaban J connectivity index is 2.01. The summed E-state index contributed by atoms with van der Waals surface area (Å²) in [6.07, 6.45) is 8.64. The van der Waals surface area contributed by atoms with Gasteiger partial charge in [-0.2, -0.15) is 0 Å². The van der Waals surface area contributed by atoms with Gasteiger partial charge in [0, 0.05) is 0 Å². The van der Waals surface area contributed by atoms with Gasteiger partial charge in [0.25, 0.3) is 0 Å². The first-order valence-corrected chi connectivity index (χ1v) is 6.74. The highest BCUT2D eigenvalue weighted by atomic mass is 14.3. The topological polar surface area (TPSA) is 0 Å². The van der Waals surface area contributed by atoms with E-state index in [0.29, 0.717) is 5.41 Å². The molecule has 88 valence electrons. The Bertz CT molecular complexity index is 304. The lowest BCUT2D eigenvalue weighted by molar-refractivity contribution is 0.280. The highest BCUT2D eigenvalue weighted by Gasteiger charge is 2.25. The highest BCUT2D eigenvalue weighted by Crippen LogP contribution is 2.36. The molecule has 1 fully saturated rings. The number of benzene rings is 1. The summed E-state index contributed by atoms with van der Waals surface area (Å²) in [7, 11) is 0. The fraction of sp³-hybridized carbons (Fsp3) is 0.625. The lowest BCUT2D eigenvalue weighted by Gasteiger charge is -2.32. The van der Waals surface area contributed by atoms with Crippen molar-refractivity contribution in [2.75, 3.05) is 0 Å². The summed E-state index contributed by atoms with van der Waals surface area (Å²) < 4.78 is 0. The molecule has 0 radical (unpaired) electrons. The molecule has 0 atom stereocenters. The summed E-state index contributed by atoms with van der Waals surface area (Å²) in [4.78, 5) is 0. The van der Waals surface area contributed by atoms with Crippen LogP contribution in [0, 0.1) is 5.92 Å². The Kier molecular flexibility index (Phi) is 3.68. The lowest BCUT2D eigenvalue weighted by atomic mass is 9.73. The largest absolute Gasteiger partial charge is 0.0622 e. The molecule has 0 heteroatoms. The molecule has 0 aliphatic heterocycles. The summed E-state index contributed by atoms with van der Waals surface area (Å²) >= 11 is 0. The standard InChI is InChI=1S/C16H24/c1-16(2,15-11-7-4-8-12-15)13-14-9-5-3-6-10-14/h4,7-8,11-12,14H,3,5-6,9-10,13H2,1-2H3. The van der Waals surface area contributed by atoms with E-state index in [0.717, 1.165) is 5.92 Å². The van der Waals surface area contributed by atoms with Crippen LogP contribution in [0.3, 0.4) is 0 Å². The van der Waals surface area contributed by atoms with Crippen LogP contribution >= 0.6 is 0 Å². The first kappa shape index (κ1) is 11.7. The van der Waals surface area contributed by atoms with Crippen molar-refractivity contribution < 1.29 is 0 Å². The van der Waals surface area contributed by atoms with Crippen LogP contribution in [-0.2, 0) is 5.41 Å².